The molecule has 0 aromatic carbocycles. The number of thiophene rings is 1. The summed E-state index contributed by atoms with van der Waals surface area (Å²) in [5.41, 5.74) is 1.17. The molecule has 1 aromatic rings. The van der Waals surface area contributed by atoms with E-state index < -0.39 is 5.41 Å². The van der Waals surface area contributed by atoms with E-state index >= 15 is 0 Å². The fourth-order valence-corrected chi connectivity index (χ4v) is 4.15. The minimum absolute atomic E-state index is 0.0753. The summed E-state index contributed by atoms with van der Waals surface area (Å²) < 4.78 is 5.23. The van der Waals surface area contributed by atoms with Crippen molar-refractivity contribution in [1.29, 1.82) is 0 Å². The summed E-state index contributed by atoms with van der Waals surface area (Å²) >= 11 is 1.55. The smallest absolute Gasteiger partial charge is 0.341 e. The molecule has 0 unspecified atom stereocenters. The van der Waals surface area contributed by atoms with Gasteiger partial charge in [0, 0.05) is 10.3 Å². The summed E-state index contributed by atoms with van der Waals surface area (Å²) in [4.78, 5) is 26.0. The van der Waals surface area contributed by atoms with Crippen LogP contribution in [0.15, 0.2) is 0 Å². The van der Waals surface area contributed by atoms with Crippen LogP contribution in [-0.2, 0) is 22.4 Å². The van der Waals surface area contributed by atoms with Gasteiger partial charge < -0.3 is 10.1 Å². The lowest BCUT2D eigenvalue weighted by Gasteiger charge is -2.21. The van der Waals surface area contributed by atoms with E-state index in [9.17, 15) is 9.59 Å². The molecule has 23 heavy (non-hydrogen) atoms. The lowest BCUT2D eigenvalue weighted by Crippen LogP contribution is -2.28. The lowest BCUT2D eigenvalue weighted by molar-refractivity contribution is -0.123. The molecule has 1 N–H and O–H groups in total. The Labute approximate surface area is 142 Å². The maximum Gasteiger partial charge on any atom is 0.341 e. The zero-order valence-corrected chi connectivity index (χ0v) is 15.6. The average molecular weight is 337 g/mol. The van der Waals surface area contributed by atoms with Gasteiger partial charge in [-0.3, -0.25) is 4.79 Å². The van der Waals surface area contributed by atoms with E-state index in [0.29, 0.717) is 23.1 Å². The summed E-state index contributed by atoms with van der Waals surface area (Å²) in [5, 5.41) is 3.62. The minimum Gasteiger partial charge on any atom is -0.462 e. The second-order valence-corrected chi connectivity index (χ2v) is 8.25. The number of anilines is 1. The molecule has 0 spiro atoms. The maximum atomic E-state index is 12.4. The molecular formula is C18H27NO3S. The van der Waals surface area contributed by atoms with Gasteiger partial charge in [0.15, 0.2) is 0 Å². The van der Waals surface area contributed by atoms with Crippen LogP contribution in [0.1, 0.15) is 68.3 Å². The van der Waals surface area contributed by atoms with Crippen LogP contribution in [0.4, 0.5) is 5.00 Å². The van der Waals surface area contributed by atoms with E-state index in [1.165, 1.54) is 4.88 Å². The number of ether oxygens (including phenoxy) is 1. The van der Waals surface area contributed by atoms with Crippen molar-refractivity contribution in [2.75, 3.05) is 11.9 Å². The topological polar surface area (TPSA) is 55.4 Å². The Balaban J connectivity index is 2.38. The molecule has 1 aromatic heterocycles. The molecule has 0 saturated heterocycles. The first kappa shape index (κ1) is 18.0. The summed E-state index contributed by atoms with van der Waals surface area (Å²) in [6, 6.07) is 0. The summed E-state index contributed by atoms with van der Waals surface area (Å²) in [7, 11) is 0. The van der Waals surface area contributed by atoms with Crippen LogP contribution in [0, 0.1) is 11.3 Å². The van der Waals surface area contributed by atoms with Gasteiger partial charge in [-0.1, -0.05) is 34.1 Å². The van der Waals surface area contributed by atoms with Gasteiger partial charge in [-0.25, -0.2) is 4.79 Å². The van der Waals surface area contributed by atoms with Crippen molar-refractivity contribution in [3.8, 4) is 0 Å². The van der Waals surface area contributed by atoms with Gasteiger partial charge in [-0.05, 0) is 37.7 Å². The molecular weight excluding hydrogens is 310 g/mol. The fourth-order valence-electron chi connectivity index (χ4n) is 2.80. The SMILES string of the molecule is CCOC(=O)c1c(NC(=O)C(C)(C)C)sc2c1CC[C@@H](CC)C2. The van der Waals surface area contributed by atoms with E-state index in [1.807, 2.05) is 20.8 Å². The normalized spacial score (nSPS) is 17.5. The van der Waals surface area contributed by atoms with Gasteiger partial charge in [0.1, 0.15) is 5.00 Å². The molecule has 4 nitrogen and oxygen atoms in total. The number of esters is 1. The third-order valence-electron chi connectivity index (χ3n) is 4.33. The van der Waals surface area contributed by atoms with Crippen LogP contribution in [-0.4, -0.2) is 18.5 Å². The largest absolute Gasteiger partial charge is 0.462 e. The number of hydrogen-bond donors (Lipinski definition) is 1. The second kappa shape index (κ2) is 7.04. The molecule has 0 radical (unpaired) electrons. The zero-order chi connectivity index (χ0) is 17.2. The fraction of sp³-hybridized carbons (Fsp3) is 0.667. The van der Waals surface area contributed by atoms with Crippen molar-refractivity contribution < 1.29 is 14.3 Å². The number of amides is 1. The minimum atomic E-state index is -0.498. The Morgan fingerprint density at radius 3 is 2.57 bits per heavy atom. The highest BCUT2D eigenvalue weighted by molar-refractivity contribution is 7.17. The maximum absolute atomic E-state index is 12.4. The molecule has 1 amide bonds. The Morgan fingerprint density at radius 1 is 1.30 bits per heavy atom. The molecule has 1 aliphatic rings. The highest BCUT2D eigenvalue weighted by Gasteiger charge is 2.31. The van der Waals surface area contributed by atoms with Crippen molar-refractivity contribution >= 4 is 28.2 Å². The van der Waals surface area contributed by atoms with E-state index in [-0.39, 0.29) is 11.9 Å². The van der Waals surface area contributed by atoms with Gasteiger partial charge in [-0.2, -0.15) is 0 Å². The lowest BCUT2D eigenvalue weighted by atomic mass is 9.85. The molecule has 1 heterocycles. The molecule has 0 fully saturated rings. The van der Waals surface area contributed by atoms with E-state index in [2.05, 4.69) is 12.2 Å². The Hall–Kier alpha value is -1.36. The third kappa shape index (κ3) is 3.94. The van der Waals surface area contributed by atoms with Crippen LogP contribution in [0.3, 0.4) is 0 Å². The highest BCUT2D eigenvalue weighted by Crippen LogP contribution is 2.41. The number of fused-ring (bicyclic) bond motifs is 1. The zero-order valence-electron chi connectivity index (χ0n) is 14.7. The molecule has 0 bridgehead atoms. The van der Waals surface area contributed by atoms with Crippen molar-refractivity contribution in [3.05, 3.63) is 16.0 Å². The van der Waals surface area contributed by atoms with Gasteiger partial charge in [0.05, 0.1) is 12.2 Å². The van der Waals surface area contributed by atoms with Crippen molar-refractivity contribution in [2.24, 2.45) is 11.3 Å². The molecule has 0 saturated carbocycles. The molecule has 1 atom stereocenters. The van der Waals surface area contributed by atoms with Crippen LogP contribution in [0.2, 0.25) is 0 Å². The predicted octanol–water partition coefficient (Wildman–Crippen LogP) is 4.42. The average Bonchev–Trinajstić information content (AvgIpc) is 2.83. The summed E-state index contributed by atoms with van der Waals surface area (Å²) in [5.74, 6) is 0.278. The Kier molecular flexibility index (Phi) is 5.50. The Morgan fingerprint density at radius 2 is 2.00 bits per heavy atom. The van der Waals surface area contributed by atoms with Crippen molar-refractivity contribution in [3.63, 3.8) is 0 Å². The number of hydrogen-bond acceptors (Lipinski definition) is 4. The third-order valence-corrected chi connectivity index (χ3v) is 5.50. The van der Waals surface area contributed by atoms with E-state index in [1.54, 1.807) is 18.3 Å². The van der Waals surface area contributed by atoms with E-state index in [0.717, 1.165) is 31.2 Å². The summed E-state index contributed by atoms with van der Waals surface area (Å²) in [6.45, 7) is 9.95. The number of rotatable bonds is 4. The van der Waals surface area contributed by atoms with Gasteiger partial charge >= 0.3 is 5.97 Å². The second-order valence-electron chi connectivity index (χ2n) is 7.15. The molecule has 5 heteroatoms. The van der Waals surface area contributed by atoms with Crippen LogP contribution < -0.4 is 5.32 Å². The number of carbonyl (C=O) groups excluding carboxylic acids is 2. The quantitative estimate of drug-likeness (QED) is 0.827. The van der Waals surface area contributed by atoms with Crippen LogP contribution in [0.5, 0.6) is 0 Å². The first-order valence-corrected chi connectivity index (χ1v) is 9.22. The standard InChI is InChI=1S/C18H27NO3S/c1-6-11-8-9-12-13(10-11)23-15(14(12)16(20)22-7-2)19-17(21)18(3,4)5/h11H,6-10H2,1-5H3,(H,19,21)/t11-/m1/s1. The first-order chi connectivity index (χ1) is 10.8. The first-order valence-electron chi connectivity index (χ1n) is 8.41. The van der Waals surface area contributed by atoms with Gasteiger partial charge in [0.2, 0.25) is 5.91 Å². The molecule has 2 rings (SSSR count). The number of carbonyl (C=O) groups is 2. The molecule has 128 valence electrons. The van der Waals surface area contributed by atoms with Crippen LogP contribution in [0.25, 0.3) is 0 Å². The van der Waals surface area contributed by atoms with Gasteiger partial charge in [-0.15, -0.1) is 11.3 Å². The van der Waals surface area contributed by atoms with Gasteiger partial charge in [0.25, 0.3) is 0 Å². The Bertz CT molecular complexity index is 598. The van der Waals surface area contributed by atoms with Crippen molar-refractivity contribution in [1.82, 2.24) is 0 Å². The monoisotopic (exact) mass is 337 g/mol. The predicted molar refractivity (Wildman–Crippen MR) is 94.2 cm³/mol. The summed E-state index contributed by atoms with van der Waals surface area (Å²) in [6.07, 6.45) is 4.13. The van der Waals surface area contributed by atoms with E-state index in [4.69, 9.17) is 4.74 Å². The highest BCUT2D eigenvalue weighted by atomic mass is 32.1. The van der Waals surface area contributed by atoms with Crippen molar-refractivity contribution in [2.45, 2.75) is 60.3 Å². The number of nitrogens with one attached hydrogen (secondary N) is 1. The molecule has 1 aliphatic carbocycles. The molecule has 0 aliphatic heterocycles. The van der Waals surface area contributed by atoms with Crippen LogP contribution >= 0.6 is 11.3 Å².